The smallest absolute Gasteiger partial charge is 0.0785 e. The van der Waals surface area contributed by atoms with Crippen molar-refractivity contribution >= 4 is 0 Å². The van der Waals surface area contributed by atoms with Gasteiger partial charge in [0.15, 0.2) is 0 Å². The fourth-order valence-corrected chi connectivity index (χ4v) is 0. The third kappa shape index (κ3) is 70.2. The molecule has 0 heterocycles. The second-order valence-corrected chi connectivity index (χ2v) is 0. The summed E-state index contributed by atoms with van der Waals surface area (Å²) in [6, 6.07) is 0. The highest BCUT2D eigenvalue weighted by atomic mass is 19.1. The second kappa shape index (κ2) is 505. The Hall–Kier alpha value is -0.140. The van der Waals surface area contributed by atoms with E-state index in [4.69, 9.17) is 0 Å². The second-order valence-electron chi connectivity index (χ2n) is 0. The van der Waals surface area contributed by atoms with Gasteiger partial charge in [-0.15, -0.1) is 0 Å². The van der Waals surface area contributed by atoms with Gasteiger partial charge in [0.2, 0.25) is 0 Å². The summed E-state index contributed by atoms with van der Waals surface area (Å²) in [7, 11) is 0.500. The van der Waals surface area contributed by atoms with E-state index < -0.39 is 0 Å². The first-order valence-corrected chi connectivity index (χ1v) is 0.378. The van der Waals surface area contributed by atoms with E-state index in [0.29, 0.717) is 7.18 Å². The van der Waals surface area contributed by atoms with Gasteiger partial charge < -0.3 is 0 Å². The lowest BCUT2D eigenvalue weighted by Gasteiger charge is -1.10. The zero-order valence-electron chi connectivity index (χ0n) is 1.79. The largest absolute Gasteiger partial charge is 0.269 e. The lowest BCUT2D eigenvalue weighted by molar-refractivity contribution is 0.636. The molecular weight excluding hydrogens is 62.0 g/mol. The van der Waals surface area contributed by atoms with Crippen molar-refractivity contribution in [3.05, 3.63) is 0 Å². The fraction of sp³-hybridized carbons (Fsp3) is 1.00. The van der Waals surface area contributed by atoms with Crippen LogP contribution in [0.25, 0.3) is 0 Å². The van der Waals surface area contributed by atoms with Crippen molar-refractivity contribution in [2.24, 2.45) is 0 Å². The van der Waals surface area contributed by atoms with Crippen LogP contribution in [0.4, 0.5) is 9.09 Å². The third-order valence-electron chi connectivity index (χ3n) is 0. The highest BCUT2D eigenvalue weighted by molar-refractivity contribution is 3.23. The molecular formula is C2H8F2. The molecule has 0 rings (SSSR count). The number of hydrogen-bond acceptors (Lipinski definition) is 0. The van der Waals surface area contributed by atoms with E-state index in [1.165, 1.54) is 0 Å². The van der Waals surface area contributed by atoms with Crippen LogP contribution < -0.4 is 0 Å². The van der Waals surface area contributed by atoms with Gasteiger partial charge in [-0.1, -0.05) is 7.43 Å². The first-order chi connectivity index (χ1) is 1.00. The van der Waals surface area contributed by atoms with Gasteiger partial charge in [-0.05, 0) is 0 Å². The predicted molar refractivity (Wildman–Crippen MR) is 16.3 cm³/mol. The fourth-order valence-electron chi connectivity index (χ4n) is 0. The van der Waals surface area contributed by atoms with Crippen LogP contribution >= 0.6 is 0 Å². The molecule has 4 heavy (non-hydrogen) atoms. The van der Waals surface area contributed by atoms with E-state index in [0.717, 1.165) is 0 Å². The van der Waals surface area contributed by atoms with Gasteiger partial charge in [0, 0.05) is 0 Å². The van der Waals surface area contributed by atoms with Crippen LogP contribution in [0.3, 0.4) is 0 Å². The summed E-state index contributed by atoms with van der Waals surface area (Å²) in [4.78, 5) is 0. The van der Waals surface area contributed by atoms with Gasteiger partial charge in [-0.2, -0.15) is 0 Å². The van der Waals surface area contributed by atoms with Crippen LogP contribution in [0.15, 0.2) is 0 Å². The molecule has 0 aliphatic carbocycles. The molecule has 0 aromatic heterocycles. The van der Waals surface area contributed by atoms with Crippen molar-refractivity contribution in [1.82, 2.24) is 0 Å². The van der Waals surface area contributed by atoms with Gasteiger partial charge in [0.05, 0.1) is 7.18 Å². The van der Waals surface area contributed by atoms with Gasteiger partial charge in [0.25, 0.3) is 0 Å². The van der Waals surface area contributed by atoms with Crippen molar-refractivity contribution in [3.8, 4) is 0 Å². The Morgan fingerprint density at radius 1 is 1.25 bits per heavy atom. The molecule has 0 aromatic rings. The lowest BCUT2D eigenvalue weighted by atomic mass is 11.9. The molecule has 0 atom stereocenters. The standard InChI is InChI=1S/CH3F.CH4.FH/c1-2;;/h1H3;1H4;1H. The molecule has 0 aliphatic heterocycles. The Morgan fingerprint density at radius 3 is 1.25 bits per heavy atom. The number of alkyl halides is 1. The van der Waals surface area contributed by atoms with E-state index in [9.17, 15) is 4.39 Å². The summed E-state index contributed by atoms with van der Waals surface area (Å²) in [5.74, 6) is 0. The van der Waals surface area contributed by atoms with Crippen LogP contribution in [0.2, 0.25) is 0 Å². The number of hydrogen-bond donors (Lipinski definition) is 0. The molecule has 2 heteroatoms. The summed E-state index contributed by atoms with van der Waals surface area (Å²) >= 11 is 0. The Bertz CT molecular complexity index is 4.00. The molecule has 0 saturated heterocycles. The molecule has 0 unspecified atom stereocenters. The zero-order valence-corrected chi connectivity index (χ0v) is 1.79. The molecule has 0 radical (unpaired) electrons. The van der Waals surface area contributed by atoms with E-state index >= 15 is 0 Å². The highest BCUT2D eigenvalue weighted by Gasteiger charge is 0.926. The van der Waals surface area contributed by atoms with Gasteiger partial charge in [-0.25, -0.2) is 0 Å². The molecule has 0 saturated carbocycles. The maximum atomic E-state index is 9.50. The summed E-state index contributed by atoms with van der Waals surface area (Å²) < 4.78 is 9.50. The molecule has 0 nitrogen and oxygen atoms in total. The normalized spacial score (nSPS) is 1.50. The van der Waals surface area contributed by atoms with Crippen LogP contribution in [0.1, 0.15) is 7.43 Å². The summed E-state index contributed by atoms with van der Waals surface area (Å²) in [6.07, 6.45) is 0. The minimum atomic E-state index is 0. The Labute approximate surface area is 25.0 Å². The molecule has 0 fully saturated rings. The topological polar surface area (TPSA) is 0 Å². The first-order valence-electron chi connectivity index (χ1n) is 0.378. The Balaban J connectivity index is -0.00000000500. The molecule has 0 N–H and O–H groups in total. The molecule has 30 valence electrons. The number of rotatable bonds is 0. The van der Waals surface area contributed by atoms with Gasteiger partial charge in [-0.3, -0.25) is 9.09 Å². The molecule has 0 amide bonds. The first kappa shape index (κ1) is 42.7. The van der Waals surface area contributed by atoms with Crippen LogP contribution in [0, 0.1) is 0 Å². The molecule has 0 spiro atoms. The van der Waals surface area contributed by atoms with E-state index in [1.807, 2.05) is 0 Å². The average Bonchev–Trinajstić information content (AvgIpc) is 1.00. The summed E-state index contributed by atoms with van der Waals surface area (Å²) in [5.41, 5.74) is 0. The monoisotopic (exact) mass is 70.1 g/mol. The molecule has 0 aliphatic rings. The maximum absolute atomic E-state index is 9.50. The summed E-state index contributed by atoms with van der Waals surface area (Å²) in [6.45, 7) is 0. The van der Waals surface area contributed by atoms with E-state index in [1.54, 1.807) is 0 Å². The quantitative estimate of drug-likeness (QED) is 0.404. The Kier molecular flexibility index (Phi) is 5390. The van der Waals surface area contributed by atoms with Crippen molar-refractivity contribution in [2.75, 3.05) is 7.18 Å². The van der Waals surface area contributed by atoms with Crippen LogP contribution in [-0.4, -0.2) is 7.18 Å². The SMILES string of the molecule is C.CF.F. The van der Waals surface area contributed by atoms with Crippen LogP contribution in [0.5, 0.6) is 0 Å². The van der Waals surface area contributed by atoms with Crippen molar-refractivity contribution in [2.45, 2.75) is 7.43 Å². The molecule has 0 aromatic carbocycles. The summed E-state index contributed by atoms with van der Waals surface area (Å²) in [5, 5.41) is 0. The molecule has 0 bridgehead atoms. The predicted octanol–water partition coefficient (Wildman–Crippen LogP) is 1.37. The van der Waals surface area contributed by atoms with E-state index in [-0.39, 0.29) is 12.1 Å². The van der Waals surface area contributed by atoms with Crippen LogP contribution in [-0.2, 0) is 0 Å². The lowest BCUT2D eigenvalue weighted by Crippen LogP contribution is -0.939. The van der Waals surface area contributed by atoms with E-state index in [2.05, 4.69) is 0 Å². The van der Waals surface area contributed by atoms with Gasteiger partial charge in [0.1, 0.15) is 0 Å². The van der Waals surface area contributed by atoms with Crippen molar-refractivity contribution in [3.63, 3.8) is 0 Å². The minimum Gasteiger partial charge on any atom is -0.269 e. The number of halogens is 2. The third-order valence-corrected chi connectivity index (χ3v) is 0. The van der Waals surface area contributed by atoms with Crippen molar-refractivity contribution in [1.29, 1.82) is 0 Å². The maximum Gasteiger partial charge on any atom is 0.0785 e. The highest BCUT2D eigenvalue weighted by Crippen LogP contribution is 1.16. The average molecular weight is 70.1 g/mol. The zero-order chi connectivity index (χ0) is 2.00. The van der Waals surface area contributed by atoms with Gasteiger partial charge >= 0.3 is 0 Å². The Morgan fingerprint density at radius 2 is 1.25 bits per heavy atom. The van der Waals surface area contributed by atoms with Crippen molar-refractivity contribution < 1.29 is 9.09 Å². The minimum absolute atomic E-state index is 0.